The van der Waals surface area contributed by atoms with Crippen molar-refractivity contribution in [2.24, 2.45) is 0 Å². The Hall–Kier alpha value is -4.96. The molecular formula is C33H24N4. The van der Waals surface area contributed by atoms with Crippen molar-refractivity contribution < 1.29 is 0 Å². The van der Waals surface area contributed by atoms with Crippen LogP contribution >= 0.6 is 0 Å². The SMILES string of the molecule is Cc1ncccc1-c1cccc(-c2nc(-c3ccccc3)nc(-c3ccc(-c4ccccc4)cc3)n2)c1. The summed E-state index contributed by atoms with van der Waals surface area (Å²) in [5, 5.41) is 0. The summed E-state index contributed by atoms with van der Waals surface area (Å²) in [5.41, 5.74) is 8.32. The number of aryl methyl sites for hydroxylation is 1. The van der Waals surface area contributed by atoms with E-state index < -0.39 is 0 Å². The van der Waals surface area contributed by atoms with E-state index in [0.29, 0.717) is 17.5 Å². The van der Waals surface area contributed by atoms with Crippen LogP contribution in [0.2, 0.25) is 0 Å². The molecule has 4 aromatic carbocycles. The normalized spacial score (nSPS) is 10.8. The van der Waals surface area contributed by atoms with Crippen LogP contribution in [0.15, 0.2) is 128 Å². The van der Waals surface area contributed by atoms with Crippen molar-refractivity contribution in [2.75, 3.05) is 0 Å². The molecule has 0 spiro atoms. The lowest BCUT2D eigenvalue weighted by Gasteiger charge is -2.10. The summed E-state index contributed by atoms with van der Waals surface area (Å²) < 4.78 is 0. The van der Waals surface area contributed by atoms with E-state index in [1.165, 1.54) is 5.56 Å². The van der Waals surface area contributed by atoms with Gasteiger partial charge in [-0.25, -0.2) is 15.0 Å². The highest BCUT2D eigenvalue weighted by Crippen LogP contribution is 2.29. The van der Waals surface area contributed by atoms with Crippen molar-refractivity contribution in [3.05, 3.63) is 133 Å². The van der Waals surface area contributed by atoms with Crippen molar-refractivity contribution >= 4 is 0 Å². The fourth-order valence-corrected chi connectivity index (χ4v) is 4.41. The molecule has 0 saturated carbocycles. The predicted octanol–water partition coefficient (Wildman–Crippen LogP) is 7.91. The topological polar surface area (TPSA) is 51.6 Å². The molecule has 0 saturated heterocycles. The average Bonchev–Trinajstić information content (AvgIpc) is 2.98. The van der Waals surface area contributed by atoms with Crippen molar-refractivity contribution in [3.63, 3.8) is 0 Å². The van der Waals surface area contributed by atoms with Gasteiger partial charge in [0.25, 0.3) is 0 Å². The number of rotatable bonds is 5. The van der Waals surface area contributed by atoms with Gasteiger partial charge in [-0.15, -0.1) is 0 Å². The first-order chi connectivity index (χ1) is 18.2. The van der Waals surface area contributed by atoms with Crippen LogP contribution in [0, 0.1) is 6.92 Å². The van der Waals surface area contributed by atoms with E-state index in [4.69, 9.17) is 15.0 Å². The Balaban J connectivity index is 1.46. The van der Waals surface area contributed by atoms with E-state index in [9.17, 15) is 0 Å². The second-order valence-corrected chi connectivity index (χ2v) is 8.83. The predicted molar refractivity (Wildman–Crippen MR) is 150 cm³/mol. The van der Waals surface area contributed by atoms with Crippen molar-refractivity contribution in [1.82, 2.24) is 19.9 Å². The number of benzene rings is 4. The molecular weight excluding hydrogens is 452 g/mol. The zero-order valence-electron chi connectivity index (χ0n) is 20.4. The average molecular weight is 477 g/mol. The van der Waals surface area contributed by atoms with E-state index in [1.54, 1.807) is 0 Å². The zero-order valence-corrected chi connectivity index (χ0v) is 20.4. The lowest BCUT2D eigenvalue weighted by molar-refractivity contribution is 1.07. The van der Waals surface area contributed by atoms with E-state index in [0.717, 1.165) is 39.1 Å². The van der Waals surface area contributed by atoms with E-state index >= 15 is 0 Å². The maximum Gasteiger partial charge on any atom is 0.164 e. The third-order valence-corrected chi connectivity index (χ3v) is 6.36. The van der Waals surface area contributed by atoms with Gasteiger partial charge in [0, 0.05) is 34.1 Å². The molecule has 0 radical (unpaired) electrons. The van der Waals surface area contributed by atoms with Crippen LogP contribution in [0.1, 0.15) is 5.69 Å². The first-order valence-corrected chi connectivity index (χ1v) is 12.2. The van der Waals surface area contributed by atoms with Crippen LogP contribution in [-0.4, -0.2) is 19.9 Å². The van der Waals surface area contributed by atoms with E-state index in [1.807, 2.05) is 67.7 Å². The van der Waals surface area contributed by atoms with E-state index in [2.05, 4.69) is 71.7 Å². The van der Waals surface area contributed by atoms with Gasteiger partial charge in [0.15, 0.2) is 17.5 Å². The Morgan fingerprint density at radius 1 is 0.405 bits per heavy atom. The van der Waals surface area contributed by atoms with Gasteiger partial charge in [0.1, 0.15) is 0 Å². The molecule has 37 heavy (non-hydrogen) atoms. The van der Waals surface area contributed by atoms with Gasteiger partial charge in [-0.05, 0) is 35.7 Å². The van der Waals surface area contributed by atoms with Gasteiger partial charge in [0.2, 0.25) is 0 Å². The number of hydrogen-bond acceptors (Lipinski definition) is 4. The highest BCUT2D eigenvalue weighted by molar-refractivity contribution is 5.74. The minimum atomic E-state index is 0.638. The van der Waals surface area contributed by atoms with Crippen LogP contribution in [0.25, 0.3) is 56.4 Å². The third-order valence-electron chi connectivity index (χ3n) is 6.36. The lowest BCUT2D eigenvalue weighted by Crippen LogP contribution is -2.00. The van der Waals surface area contributed by atoms with Crippen molar-refractivity contribution in [3.8, 4) is 56.4 Å². The maximum atomic E-state index is 4.92. The minimum absolute atomic E-state index is 0.638. The first-order valence-electron chi connectivity index (χ1n) is 12.2. The van der Waals surface area contributed by atoms with Crippen LogP contribution < -0.4 is 0 Å². The second kappa shape index (κ2) is 9.96. The molecule has 0 atom stereocenters. The quantitative estimate of drug-likeness (QED) is 0.254. The summed E-state index contributed by atoms with van der Waals surface area (Å²) in [5.74, 6) is 1.93. The fraction of sp³-hybridized carbons (Fsp3) is 0.0303. The standard InChI is InChI=1S/C33H24N4/c1-23-30(16-9-21-34-23)28-14-8-15-29(22-28)33-36-31(26-12-6-3-7-13-26)35-32(37-33)27-19-17-25(18-20-27)24-10-4-2-5-11-24/h2-22H,1H3. The number of nitrogens with zero attached hydrogens (tertiary/aromatic N) is 4. The highest BCUT2D eigenvalue weighted by atomic mass is 15.0. The van der Waals surface area contributed by atoms with Crippen LogP contribution in [0.5, 0.6) is 0 Å². The van der Waals surface area contributed by atoms with Gasteiger partial charge < -0.3 is 0 Å². The summed E-state index contributed by atoms with van der Waals surface area (Å²) >= 11 is 0. The van der Waals surface area contributed by atoms with Gasteiger partial charge in [-0.1, -0.05) is 109 Å². The summed E-state index contributed by atoms with van der Waals surface area (Å²) in [7, 11) is 0. The molecule has 0 bridgehead atoms. The Kier molecular flexibility index (Phi) is 6.05. The molecule has 0 aliphatic rings. The highest BCUT2D eigenvalue weighted by Gasteiger charge is 2.13. The maximum absolute atomic E-state index is 4.92. The first kappa shape index (κ1) is 22.5. The zero-order chi connectivity index (χ0) is 25.0. The molecule has 0 fully saturated rings. The number of aromatic nitrogens is 4. The van der Waals surface area contributed by atoms with Gasteiger partial charge in [0.05, 0.1) is 0 Å². The molecule has 4 nitrogen and oxygen atoms in total. The largest absolute Gasteiger partial charge is 0.261 e. The van der Waals surface area contributed by atoms with Gasteiger partial charge in [-0.3, -0.25) is 4.98 Å². The Bertz CT molecular complexity index is 1660. The molecule has 2 aromatic heterocycles. The number of pyridine rings is 1. The summed E-state index contributed by atoms with van der Waals surface area (Å²) in [6.07, 6.45) is 1.82. The molecule has 4 heteroatoms. The molecule has 6 rings (SSSR count). The third kappa shape index (κ3) is 4.78. The molecule has 0 aliphatic carbocycles. The lowest BCUT2D eigenvalue weighted by atomic mass is 10.0. The molecule has 0 amide bonds. The molecule has 2 heterocycles. The molecule has 0 unspecified atom stereocenters. The van der Waals surface area contributed by atoms with E-state index in [-0.39, 0.29) is 0 Å². The number of hydrogen-bond donors (Lipinski definition) is 0. The molecule has 0 N–H and O–H groups in total. The van der Waals surface area contributed by atoms with Crippen LogP contribution in [0.3, 0.4) is 0 Å². The Labute approximate surface area is 216 Å². The van der Waals surface area contributed by atoms with Crippen molar-refractivity contribution in [2.45, 2.75) is 6.92 Å². The van der Waals surface area contributed by atoms with Crippen LogP contribution in [0.4, 0.5) is 0 Å². The molecule has 176 valence electrons. The Morgan fingerprint density at radius 3 is 1.54 bits per heavy atom. The summed E-state index contributed by atoms with van der Waals surface area (Å²) in [4.78, 5) is 19.1. The van der Waals surface area contributed by atoms with Gasteiger partial charge >= 0.3 is 0 Å². The van der Waals surface area contributed by atoms with Crippen molar-refractivity contribution in [1.29, 1.82) is 0 Å². The minimum Gasteiger partial charge on any atom is -0.261 e. The molecule has 6 aromatic rings. The summed E-state index contributed by atoms with van der Waals surface area (Å²) in [6.45, 7) is 2.02. The smallest absolute Gasteiger partial charge is 0.164 e. The van der Waals surface area contributed by atoms with Crippen LogP contribution in [-0.2, 0) is 0 Å². The monoisotopic (exact) mass is 476 g/mol. The fourth-order valence-electron chi connectivity index (χ4n) is 4.41. The van der Waals surface area contributed by atoms with Gasteiger partial charge in [-0.2, -0.15) is 0 Å². The Morgan fingerprint density at radius 2 is 0.892 bits per heavy atom. The molecule has 0 aliphatic heterocycles. The second-order valence-electron chi connectivity index (χ2n) is 8.83. The summed E-state index contributed by atoms with van der Waals surface area (Å²) in [6, 6.07) is 41.1.